The fourth-order valence-electron chi connectivity index (χ4n) is 5.72. The molecule has 212 valence electrons. The first-order chi connectivity index (χ1) is 20.3. The normalized spacial score (nSPS) is 13.8. The van der Waals surface area contributed by atoms with Gasteiger partial charge in [-0.2, -0.15) is 0 Å². The maximum Gasteiger partial charge on any atom is 0.336 e. The van der Waals surface area contributed by atoms with E-state index in [9.17, 15) is 14.7 Å². The van der Waals surface area contributed by atoms with Gasteiger partial charge in [0.15, 0.2) is 0 Å². The molecule has 0 radical (unpaired) electrons. The van der Waals surface area contributed by atoms with Gasteiger partial charge in [0, 0.05) is 12.1 Å². The van der Waals surface area contributed by atoms with Crippen LogP contribution in [0.25, 0.3) is 22.2 Å². The number of aromatic carboxylic acids is 1. The van der Waals surface area contributed by atoms with E-state index in [1.54, 1.807) is 12.1 Å². The van der Waals surface area contributed by atoms with E-state index in [0.29, 0.717) is 29.5 Å². The highest BCUT2D eigenvalue weighted by atomic mass is 16.4. The summed E-state index contributed by atoms with van der Waals surface area (Å²) in [6.45, 7) is 6.97. The first kappa shape index (κ1) is 27.5. The van der Waals surface area contributed by atoms with Crippen LogP contribution in [-0.2, 0) is 6.54 Å². The standard InChI is InChI=1S/C36H35N3O3/c1-22(2)27-7-6-8-28(19-27)34(26-15-16-26)38-35(40)29-17-18-33-32(20-29)37-23(3)39(33)21-24-11-13-25(14-12-24)30-9-4-5-10-31(30)36(41)42/h4-14,17-20,22,26,34H,15-16,21H2,1-3H3,(H,38,40)(H,41,42)/t34-/m0/s1. The topological polar surface area (TPSA) is 84.2 Å². The van der Waals surface area contributed by atoms with Gasteiger partial charge >= 0.3 is 5.97 Å². The van der Waals surface area contributed by atoms with Crippen molar-refractivity contribution in [1.82, 2.24) is 14.9 Å². The SMILES string of the molecule is Cc1nc2cc(C(=O)N[C@H](c3cccc(C(C)C)c3)C3CC3)ccc2n1Cc1ccc(-c2ccccc2C(=O)O)cc1. The van der Waals surface area contributed by atoms with Crippen LogP contribution < -0.4 is 5.32 Å². The van der Waals surface area contributed by atoms with Crippen LogP contribution in [-0.4, -0.2) is 26.5 Å². The molecule has 4 aromatic carbocycles. The molecule has 1 fully saturated rings. The van der Waals surface area contributed by atoms with Crippen molar-refractivity contribution in [2.24, 2.45) is 5.92 Å². The molecule has 0 unspecified atom stereocenters. The van der Waals surface area contributed by atoms with E-state index in [0.717, 1.165) is 40.8 Å². The molecule has 42 heavy (non-hydrogen) atoms. The van der Waals surface area contributed by atoms with E-state index in [1.165, 1.54) is 11.1 Å². The second-order valence-electron chi connectivity index (χ2n) is 11.6. The average Bonchev–Trinajstić information content (AvgIpc) is 3.79. The molecule has 5 aromatic rings. The number of carboxylic acid groups (broad SMARTS) is 1. The second kappa shape index (κ2) is 11.3. The highest BCUT2D eigenvalue weighted by molar-refractivity contribution is 5.98. The summed E-state index contributed by atoms with van der Waals surface area (Å²) in [5, 5.41) is 12.9. The molecule has 6 heteroatoms. The molecule has 1 saturated carbocycles. The van der Waals surface area contributed by atoms with Crippen molar-refractivity contribution in [1.29, 1.82) is 0 Å². The lowest BCUT2D eigenvalue weighted by molar-refractivity contribution is 0.0697. The number of carbonyl (C=O) groups is 2. The molecule has 0 saturated heterocycles. The molecule has 1 amide bonds. The lowest BCUT2D eigenvalue weighted by atomic mass is 9.95. The van der Waals surface area contributed by atoms with Crippen molar-refractivity contribution in [2.75, 3.05) is 0 Å². The number of imidazole rings is 1. The molecule has 6 nitrogen and oxygen atoms in total. The number of aryl methyl sites for hydroxylation is 1. The number of benzene rings is 4. The van der Waals surface area contributed by atoms with Gasteiger partial charge in [-0.15, -0.1) is 0 Å². The molecule has 0 bridgehead atoms. The number of nitrogens with one attached hydrogen (secondary N) is 1. The molecule has 1 heterocycles. The zero-order valence-corrected chi connectivity index (χ0v) is 24.2. The van der Waals surface area contributed by atoms with Gasteiger partial charge in [0.05, 0.1) is 22.6 Å². The Morgan fingerprint density at radius 2 is 1.67 bits per heavy atom. The number of nitrogens with zero attached hydrogens (tertiary/aromatic N) is 2. The Morgan fingerprint density at radius 3 is 2.38 bits per heavy atom. The van der Waals surface area contributed by atoms with Crippen molar-refractivity contribution in [3.8, 4) is 11.1 Å². The van der Waals surface area contributed by atoms with Crippen LogP contribution in [0.3, 0.4) is 0 Å². The predicted molar refractivity (Wildman–Crippen MR) is 166 cm³/mol. The van der Waals surface area contributed by atoms with Crippen LogP contribution in [0.5, 0.6) is 0 Å². The van der Waals surface area contributed by atoms with E-state index in [2.05, 4.69) is 48.0 Å². The number of hydrogen-bond acceptors (Lipinski definition) is 3. The molecular formula is C36H35N3O3. The van der Waals surface area contributed by atoms with Gasteiger partial charge in [-0.25, -0.2) is 9.78 Å². The molecule has 6 rings (SSSR count). The fraction of sp³-hybridized carbons (Fsp3) is 0.250. The van der Waals surface area contributed by atoms with Crippen LogP contribution in [0.4, 0.5) is 0 Å². The minimum atomic E-state index is -0.938. The van der Waals surface area contributed by atoms with Crippen LogP contribution in [0.2, 0.25) is 0 Å². The quantitative estimate of drug-likeness (QED) is 0.194. The summed E-state index contributed by atoms with van der Waals surface area (Å²) in [7, 11) is 0. The van der Waals surface area contributed by atoms with Crippen molar-refractivity contribution < 1.29 is 14.7 Å². The fourth-order valence-corrected chi connectivity index (χ4v) is 5.72. The Labute approximate surface area is 246 Å². The molecule has 1 aromatic heterocycles. The Kier molecular flexibility index (Phi) is 7.38. The number of carbonyl (C=O) groups excluding carboxylic acids is 1. The summed E-state index contributed by atoms with van der Waals surface area (Å²) in [6.07, 6.45) is 2.26. The Bertz CT molecular complexity index is 1780. The van der Waals surface area contributed by atoms with Crippen LogP contribution in [0, 0.1) is 12.8 Å². The average molecular weight is 558 g/mol. The van der Waals surface area contributed by atoms with Crippen molar-refractivity contribution in [3.05, 3.63) is 125 Å². The lowest BCUT2D eigenvalue weighted by Crippen LogP contribution is -2.30. The Morgan fingerprint density at radius 1 is 0.929 bits per heavy atom. The van der Waals surface area contributed by atoms with Gasteiger partial charge in [0.25, 0.3) is 5.91 Å². The van der Waals surface area contributed by atoms with Crippen molar-refractivity contribution in [2.45, 2.75) is 52.1 Å². The van der Waals surface area contributed by atoms with E-state index in [1.807, 2.05) is 61.5 Å². The number of rotatable bonds is 9. The minimum Gasteiger partial charge on any atom is -0.478 e. The maximum atomic E-state index is 13.4. The highest BCUT2D eigenvalue weighted by Crippen LogP contribution is 2.41. The summed E-state index contributed by atoms with van der Waals surface area (Å²) in [5.41, 5.74) is 7.75. The third-order valence-electron chi connectivity index (χ3n) is 8.28. The molecule has 2 N–H and O–H groups in total. The summed E-state index contributed by atoms with van der Waals surface area (Å²) < 4.78 is 2.14. The summed E-state index contributed by atoms with van der Waals surface area (Å²) in [5.74, 6) is 0.766. The van der Waals surface area contributed by atoms with E-state index < -0.39 is 5.97 Å². The van der Waals surface area contributed by atoms with E-state index >= 15 is 0 Å². The predicted octanol–water partition coefficient (Wildman–Crippen LogP) is 7.76. The number of carboxylic acids is 1. The minimum absolute atomic E-state index is 0.0108. The number of aromatic nitrogens is 2. The summed E-state index contributed by atoms with van der Waals surface area (Å²) in [6, 6.07) is 29.4. The lowest BCUT2D eigenvalue weighted by Gasteiger charge is -2.20. The number of hydrogen-bond donors (Lipinski definition) is 2. The smallest absolute Gasteiger partial charge is 0.336 e. The molecule has 1 atom stereocenters. The van der Waals surface area contributed by atoms with Gasteiger partial charge in [-0.3, -0.25) is 4.79 Å². The first-order valence-electron chi connectivity index (χ1n) is 14.6. The molecule has 0 spiro atoms. The first-order valence-corrected chi connectivity index (χ1v) is 14.6. The van der Waals surface area contributed by atoms with Gasteiger partial charge in [0.2, 0.25) is 0 Å². The number of fused-ring (bicyclic) bond motifs is 1. The Balaban J connectivity index is 1.21. The highest BCUT2D eigenvalue weighted by Gasteiger charge is 2.34. The van der Waals surface area contributed by atoms with Crippen LogP contribution >= 0.6 is 0 Å². The third kappa shape index (κ3) is 5.57. The number of amides is 1. The Hall–Kier alpha value is -4.71. The van der Waals surface area contributed by atoms with Gasteiger partial charge in [-0.1, -0.05) is 80.6 Å². The largest absolute Gasteiger partial charge is 0.478 e. The summed E-state index contributed by atoms with van der Waals surface area (Å²) in [4.78, 5) is 29.9. The summed E-state index contributed by atoms with van der Waals surface area (Å²) >= 11 is 0. The maximum absolute atomic E-state index is 13.4. The van der Waals surface area contributed by atoms with Gasteiger partial charge < -0.3 is 15.0 Å². The van der Waals surface area contributed by atoms with Crippen LogP contribution in [0.1, 0.15) is 81.9 Å². The zero-order valence-electron chi connectivity index (χ0n) is 24.2. The third-order valence-corrected chi connectivity index (χ3v) is 8.28. The molecule has 1 aliphatic rings. The monoisotopic (exact) mass is 557 g/mol. The van der Waals surface area contributed by atoms with Crippen molar-refractivity contribution >= 4 is 22.9 Å². The van der Waals surface area contributed by atoms with E-state index in [4.69, 9.17) is 4.98 Å². The zero-order chi connectivity index (χ0) is 29.4. The van der Waals surface area contributed by atoms with E-state index in [-0.39, 0.29) is 17.5 Å². The molecule has 1 aliphatic carbocycles. The van der Waals surface area contributed by atoms with Crippen molar-refractivity contribution in [3.63, 3.8) is 0 Å². The van der Waals surface area contributed by atoms with Gasteiger partial charge in [0.1, 0.15) is 5.82 Å². The van der Waals surface area contributed by atoms with Crippen LogP contribution in [0.15, 0.2) is 91.0 Å². The molecular weight excluding hydrogens is 522 g/mol. The second-order valence-corrected chi connectivity index (χ2v) is 11.6. The van der Waals surface area contributed by atoms with Gasteiger partial charge in [-0.05, 0) is 83.7 Å². The molecule has 0 aliphatic heterocycles.